The number of esters is 1. The van der Waals surface area contributed by atoms with E-state index >= 15 is 0 Å². The second-order valence-electron chi connectivity index (χ2n) is 6.15. The van der Waals surface area contributed by atoms with Gasteiger partial charge in [0.15, 0.2) is 0 Å². The van der Waals surface area contributed by atoms with E-state index in [1.165, 1.54) is 7.11 Å². The molecule has 0 saturated heterocycles. The number of ether oxygens (including phenoxy) is 1. The van der Waals surface area contributed by atoms with Crippen molar-refractivity contribution in [3.63, 3.8) is 0 Å². The van der Waals surface area contributed by atoms with E-state index in [0.29, 0.717) is 39.7 Å². The smallest absolute Gasteiger partial charge is 0.305 e. The molecule has 1 heterocycles. The van der Waals surface area contributed by atoms with Gasteiger partial charge in [0.25, 0.3) is 5.91 Å². The summed E-state index contributed by atoms with van der Waals surface area (Å²) in [5.41, 5.74) is 0.822. The molecule has 26 heavy (non-hydrogen) atoms. The van der Waals surface area contributed by atoms with Crippen LogP contribution in [0.25, 0.3) is 0 Å². The minimum absolute atomic E-state index is 0.191. The quantitative estimate of drug-likeness (QED) is 0.476. The van der Waals surface area contributed by atoms with Crippen molar-refractivity contribution in [2.45, 2.75) is 24.7 Å². The maximum absolute atomic E-state index is 13.3. The molecule has 0 radical (unpaired) electrons. The second-order valence-corrected chi connectivity index (χ2v) is 7.00. The molecule has 5 nitrogen and oxygen atoms in total. The van der Waals surface area contributed by atoms with Crippen molar-refractivity contribution < 1.29 is 14.3 Å². The summed E-state index contributed by atoms with van der Waals surface area (Å²) in [6.45, 7) is 0. The van der Waals surface area contributed by atoms with Crippen LogP contribution in [0.15, 0.2) is 42.5 Å². The lowest BCUT2D eigenvalue weighted by Crippen LogP contribution is -2.44. The van der Waals surface area contributed by atoms with Crippen LogP contribution in [-0.4, -0.2) is 19.0 Å². The van der Waals surface area contributed by atoms with E-state index in [9.17, 15) is 9.59 Å². The molecule has 136 valence electrons. The Balaban J connectivity index is 2.16. The SMILES string of the molecule is COC(=O)CCCC1(c2ccccc2Cl)C(=O)N(N)c2ccc(Cl)cc21. The molecule has 0 saturated carbocycles. The molecule has 2 aromatic rings. The Labute approximate surface area is 161 Å². The molecule has 1 amide bonds. The Morgan fingerprint density at radius 2 is 1.92 bits per heavy atom. The van der Waals surface area contributed by atoms with Gasteiger partial charge in [-0.25, -0.2) is 10.9 Å². The maximum atomic E-state index is 13.3. The third kappa shape index (κ3) is 2.96. The van der Waals surface area contributed by atoms with Gasteiger partial charge >= 0.3 is 5.97 Å². The van der Waals surface area contributed by atoms with Crippen molar-refractivity contribution in [1.82, 2.24) is 0 Å². The lowest BCUT2D eigenvalue weighted by molar-refractivity contribution is -0.141. The molecule has 0 spiro atoms. The van der Waals surface area contributed by atoms with E-state index in [0.717, 1.165) is 5.01 Å². The number of hydrogen-bond acceptors (Lipinski definition) is 4. The summed E-state index contributed by atoms with van der Waals surface area (Å²) in [7, 11) is 1.34. The van der Waals surface area contributed by atoms with Crippen molar-refractivity contribution in [3.8, 4) is 0 Å². The Hall–Kier alpha value is -2.08. The number of rotatable bonds is 5. The van der Waals surface area contributed by atoms with E-state index in [2.05, 4.69) is 0 Å². The van der Waals surface area contributed by atoms with Gasteiger partial charge in [0.2, 0.25) is 0 Å². The van der Waals surface area contributed by atoms with Crippen LogP contribution < -0.4 is 10.9 Å². The van der Waals surface area contributed by atoms with Crippen LogP contribution in [0, 0.1) is 0 Å². The molecule has 1 atom stereocenters. The highest BCUT2D eigenvalue weighted by molar-refractivity contribution is 6.32. The fourth-order valence-electron chi connectivity index (χ4n) is 3.53. The van der Waals surface area contributed by atoms with Gasteiger partial charge in [0.05, 0.1) is 12.8 Å². The van der Waals surface area contributed by atoms with Crippen molar-refractivity contribution >= 4 is 40.8 Å². The van der Waals surface area contributed by atoms with Crippen LogP contribution in [0.2, 0.25) is 10.0 Å². The Morgan fingerprint density at radius 1 is 1.19 bits per heavy atom. The minimum Gasteiger partial charge on any atom is -0.469 e. The first-order chi connectivity index (χ1) is 12.4. The zero-order chi connectivity index (χ0) is 18.9. The normalized spacial score (nSPS) is 18.8. The molecular weight excluding hydrogens is 375 g/mol. The fourth-order valence-corrected chi connectivity index (χ4v) is 4.00. The average molecular weight is 393 g/mol. The molecule has 1 unspecified atom stereocenters. The largest absolute Gasteiger partial charge is 0.469 e. The van der Waals surface area contributed by atoms with Crippen LogP contribution in [-0.2, 0) is 19.7 Å². The summed E-state index contributed by atoms with van der Waals surface area (Å²) in [6, 6.07) is 12.3. The number of halogens is 2. The number of amides is 1. The van der Waals surface area contributed by atoms with Crippen molar-refractivity contribution in [2.75, 3.05) is 12.1 Å². The number of nitrogens with two attached hydrogens (primary N) is 1. The molecule has 1 aliphatic heterocycles. The van der Waals surface area contributed by atoms with E-state index in [1.807, 2.05) is 12.1 Å². The summed E-state index contributed by atoms with van der Waals surface area (Å²) in [6.07, 6.45) is 0.978. The van der Waals surface area contributed by atoms with Crippen LogP contribution in [0.4, 0.5) is 5.69 Å². The first-order valence-corrected chi connectivity index (χ1v) is 8.88. The second kappa shape index (κ2) is 7.27. The Kier molecular flexibility index (Phi) is 5.23. The predicted molar refractivity (Wildman–Crippen MR) is 101 cm³/mol. The van der Waals surface area contributed by atoms with Crippen molar-refractivity contribution in [2.24, 2.45) is 5.84 Å². The Morgan fingerprint density at radius 3 is 2.62 bits per heavy atom. The Bertz CT molecular complexity index is 872. The molecular formula is C19H18Cl2N2O3. The first-order valence-electron chi connectivity index (χ1n) is 8.13. The number of hydrogen-bond donors (Lipinski definition) is 1. The van der Waals surface area contributed by atoms with E-state index in [-0.39, 0.29) is 18.3 Å². The number of anilines is 1. The zero-order valence-corrected chi connectivity index (χ0v) is 15.7. The van der Waals surface area contributed by atoms with E-state index < -0.39 is 5.41 Å². The number of hydrazine groups is 1. The lowest BCUT2D eigenvalue weighted by Gasteiger charge is -2.29. The molecule has 0 bridgehead atoms. The van der Waals surface area contributed by atoms with Crippen LogP contribution >= 0.6 is 23.2 Å². The zero-order valence-electron chi connectivity index (χ0n) is 14.2. The number of methoxy groups -OCH3 is 1. The van der Waals surface area contributed by atoms with Gasteiger partial charge in [0.1, 0.15) is 5.41 Å². The van der Waals surface area contributed by atoms with Crippen molar-refractivity contribution in [1.29, 1.82) is 0 Å². The summed E-state index contributed by atoms with van der Waals surface area (Å²) < 4.78 is 4.71. The summed E-state index contributed by atoms with van der Waals surface area (Å²) in [5, 5.41) is 2.09. The third-order valence-corrected chi connectivity index (χ3v) is 5.32. The number of carbonyl (C=O) groups excluding carboxylic acids is 2. The van der Waals surface area contributed by atoms with Gasteiger partial charge in [-0.1, -0.05) is 41.4 Å². The highest BCUT2D eigenvalue weighted by Crippen LogP contribution is 2.50. The molecule has 1 aliphatic rings. The van der Waals surface area contributed by atoms with Gasteiger partial charge in [0, 0.05) is 16.5 Å². The van der Waals surface area contributed by atoms with Crippen LogP contribution in [0.1, 0.15) is 30.4 Å². The van der Waals surface area contributed by atoms with Gasteiger partial charge < -0.3 is 4.74 Å². The highest BCUT2D eigenvalue weighted by Gasteiger charge is 2.52. The van der Waals surface area contributed by atoms with E-state index in [4.69, 9.17) is 33.8 Å². The number of carbonyl (C=O) groups is 2. The average Bonchev–Trinajstić information content (AvgIpc) is 2.84. The number of benzene rings is 2. The topological polar surface area (TPSA) is 72.6 Å². The molecule has 0 aliphatic carbocycles. The molecule has 0 aromatic heterocycles. The van der Waals surface area contributed by atoms with Gasteiger partial charge in [-0.3, -0.25) is 9.59 Å². The molecule has 2 N–H and O–H groups in total. The van der Waals surface area contributed by atoms with Crippen molar-refractivity contribution in [3.05, 3.63) is 63.6 Å². The predicted octanol–water partition coefficient (Wildman–Crippen LogP) is 3.84. The minimum atomic E-state index is -1.10. The van der Waals surface area contributed by atoms with Crippen LogP contribution in [0.5, 0.6) is 0 Å². The summed E-state index contributed by atoms with van der Waals surface area (Å²) >= 11 is 12.6. The highest BCUT2D eigenvalue weighted by atomic mass is 35.5. The summed E-state index contributed by atoms with van der Waals surface area (Å²) in [4.78, 5) is 24.8. The van der Waals surface area contributed by atoms with Crippen LogP contribution in [0.3, 0.4) is 0 Å². The number of fused-ring (bicyclic) bond motifs is 1. The molecule has 2 aromatic carbocycles. The standard InChI is InChI=1S/C19H18Cl2N2O3/c1-26-17(24)7-4-10-19(13-5-2-3-6-15(13)21)14-11-12(20)8-9-16(14)23(22)18(19)25/h2-3,5-6,8-9,11H,4,7,10,22H2,1H3. The lowest BCUT2D eigenvalue weighted by atomic mass is 9.72. The fraction of sp³-hybridized carbons (Fsp3) is 0.263. The molecule has 0 fully saturated rings. The third-order valence-electron chi connectivity index (χ3n) is 4.76. The molecule has 3 rings (SSSR count). The first kappa shape index (κ1) is 18.7. The van der Waals surface area contributed by atoms with Gasteiger partial charge in [-0.05, 0) is 48.2 Å². The van der Waals surface area contributed by atoms with Gasteiger partial charge in [-0.15, -0.1) is 0 Å². The monoisotopic (exact) mass is 392 g/mol. The maximum Gasteiger partial charge on any atom is 0.305 e. The molecule has 7 heteroatoms. The summed E-state index contributed by atoms with van der Waals surface area (Å²) in [5.74, 6) is 5.44. The van der Waals surface area contributed by atoms with Gasteiger partial charge in [-0.2, -0.15) is 0 Å². The number of nitrogens with zero attached hydrogens (tertiary/aromatic N) is 1. The van der Waals surface area contributed by atoms with E-state index in [1.54, 1.807) is 30.3 Å².